The minimum Gasteiger partial charge on any atom is -0.428 e. The highest BCUT2D eigenvalue weighted by Gasteiger charge is 2.18. The fourth-order valence-corrected chi connectivity index (χ4v) is 2.03. The SMILES string of the molecule is C/C(=C\C(=O)c1ccccc1[N+](=O)[O-])OC(=O)c1ccc(C)cc1. The maximum Gasteiger partial charge on any atom is 0.343 e. The lowest BCUT2D eigenvalue weighted by Gasteiger charge is -2.05. The predicted octanol–water partition coefficient (Wildman–Crippen LogP) is 3.85. The van der Waals surface area contributed by atoms with Gasteiger partial charge in [-0.3, -0.25) is 14.9 Å². The van der Waals surface area contributed by atoms with Gasteiger partial charge < -0.3 is 4.74 Å². The molecule has 6 heteroatoms. The number of aryl methyl sites for hydroxylation is 1. The summed E-state index contributed by atoms with van der Waals surface area (Å²) in [6, 6.07) is 12.4. The Morgan fingerprint density at radius 2 is 1.71 bits per heavy atom. The minimum atomic E-state index is -0.630. The van der Waals surface area contributed by atoms with Gasteiger partial charge in [0.2, 0.25) is 0 Å². The first kappa shape index (κ1) is 17.1. The average molecular weight is 325 g/mol. The van der Waals surface area contributed by atoms with E-state index in [9.17, 15) is 19.7 Å². The molecule has 24 heavy (non-hydrogen) atoms. The van der Waals surface area contributed by atoms with Crippen LogP contribution in [0.2, 0.25) is 0 Å². The monoisotopic (exact) mass is 325 g/mol. The molecular formula is C18H15NO5. The molecule has 0 amide bonds. The lowest BCUT2D eigenvalue weighted by Crippen LogP contribution is -2.06. The van der Waals surface area contributed by atoms with Crippen molar-refractivity contribution in [1.82, 2.24) is 0 Å². The van der Waals surface area contributed by atoms with Crippen molar-refractivity contribution < 1.29 is 19.2 Å². The number of allylic oxidation sites excluding steroid dienone is 2. The molecule has 0 saturated carbocycles. The van der Waals surface area contributed by atoms with E-state index < -0.39 is 16.7 Å². The summed E-state index contributed by atoms with van der Waals surface area (Å²) in [5, 5.41) is 10.9. The number of carbonyl (C=O) groups excluding carboxylic acids is 2. The fourth-order valence-electron chi connectivity index (χ4n) is 2.03. The van der Waals surface area contributed by atoms with Crippen molar-refractivity contribution in [2.45, 2.75) is 13.8 Å². The number of rotatable bonds is 5. The number of ketones is 1. The Kier molecular flexibility index (Phi) is 5.21. The summed E-state index contributed by atoms with van der Waals surface area (Å²) >= 11 is 0. The summed E-state index contributed by atoms with van der Waals surface area (Å²) in [5.74, 6) is -1.14. The molecule has 0 saturated heterocycles. The zero-order valence-corrected chi connectivity index (χ0v) is 13.2. The van der Waals surface area contributed by atoms with E-state index in [2.05, 4.69) is 0 Å². The highest BCUT2D eigenvalue weighted by atomic mass is 16.6. The summed E-state index contributed by atoms with van der Waals surface area (Å²) in [7, 11) is 0. The van der Waals surface area contributed by atoms with Crippen LogP contribution in [-0.4, -0.2) is 16.7 Å². The second-order valence-corrected chi connectivity index (χ2v) is 5.15. The first-order chi connectivity index (χ1) is 11.4. The smallest absolute Gasteiger partial charge is 0.343 e. The van der Waals surface area contributed by atoms with E-state index in [-0.39, 0.29) is 17.0 Å². The van der Waals surface area contributed by atoms with Crippen molar-refractivity contribution in [3.63, 3.8) is 0 Å². The largest absolute Gasteiger partial charge is 0.428 e. The molecule has 0 spiro atoms. The number of benzene rings is 2. The minimum absolute atomic E-state index is 0.0590. The third-order valence-corrected chi connectivity index (χ3v) is 3.24. The number of para-hydroxylation sites is 1. The Morgan fingerprint density at radius 1 is 1.08 bits per heavy atom. The number of nitro benzene ring substituents is 1. The zero-order chi connectivity index (χ0) is 17.7. The fraction of sp³-hybridized carbons (Fsp3) is 0.111. The average Bonchev–Trinajstić information content (AvgIpc) is 2.55. The molecule has 6 nitrogen and oxygen atoms in total. The normalized spacial score (nSPS) is 11.0. The molecule has 0 atom stereocenters. The first-order valence-electron chi connectivity index (χ1n) is 7.13. The van der Waals surface area contributed by atoms with Crippen molar-refractivity contribution >= 4 is 17.4 Å². The number of ether oxygens (including phenoxy) is 1. The Hall–Kier alpha value is -3.28. The van der Waals surface area contributed by atoms with Crippen LogP contribution in [0.1, 0.15) is 33.2 Å². The topological polar surface area (TPSA) is 86.5 Å². The summed E-state index contributed by atoms with van der Waals surface area (Å²) in [4.78, 5) is 34.5. The molecule has 2 aromatic rings. The Morgan fingerprint density at radius 3 is 2.33 bits per heavy atom. The molecule has 2 rings (SSSR count). The van der Waals surface area contributed by atoms with Gasteiger partial charge in [-0.2, -0.15) is 0 Å². The Bertz CT molecular complexity index is 822. The van der Waals surface area contributed by atoms with Crippen molar-refractivity contribution in [1.29, 1.82) is 0 Å². The summed E-state index contributed by atoms with van der Waals surface area (Å²) in [6.07, 6.45) is 1.06. The van der Waals surface area contributed by atoms with Crippen LogP contribution < -0.4 is 0 Å². The van der Waals surface area contributed by atoms with E-state index in [1.807, 2.05) is 6.92 Å². The van der Waals surface area contributed by atoms with Gasteiger partial charge in [-0.1, -0.05) is 29.8 Å². The lowest BCUT2D eigenvalue weighted by atomic mass is 10.1. The van der Waals surface area contributed by atoms with E-state index in [0.29, 0.717) is 5.56 Å². The van der Waals surface area contributed by atoms with E-state index in [0.717, 1.165) is 11.6 Å². The predicted molar refractivity (Wildman–Crippen MR) is 87.8 cm³/mol. The number of hydrogen-bond donors (Lipinski definition) is 0. The van der Waals surface area contributed by atoms with Gasteiger partial charge in [0, 0.05) is 12.1 Å². The van der Waals surface area contributed by atoms with E-state index >= 15 is 0 Å². The van der Waals surface area contributed by atoms with Gasteiger partial charge in [0.1, 0.15) is 5.76 Å². The molecule has 0 aliphatic rings. The molecule has 122 valence electrons. The third-order valence-electron chi connectivity index (χ3n) is 3.24. The highest BCUT2D eigenvalue weighted by molar-refractivity contribution is 6.07. The number of nitro groups is 1. The van der Waals surface area contributed by atoms with Crippen LogP contribution in [0.5, 0.6) is 0 Å². The van der Waals surface area contributed by atoms with Gasteiger partial charge in [-0.05, 0) is 32.0 Å². The van der Waals surface area contributed by atoms with Crippen LogP contribution in [0.15, 0.2) is 60.4 Å². The number of hydrogen-bond acceptors (Lipinski definition) is 5. The summed E-state index contributed by atoms with van der Waals surface area (Å²) in [6.45, 7) is 3.34. The number of carbonyl (C=O) groups is 2. The quantitative estimate of drug-likeness (QED) is 0.208. The molecule has 0 fully saturated rings. The van der Waals surface area contributed by atoms with Crippen LogP contribution >= 0.6 is 0 Å². The molecule has 0 N–H and O–H groups in total. The van der Waals surface area contributed by atoms with Crippen molar-refractivity contribution in [2.75, 3.05) is 0 Å². The standard InChI is InChI=1S/C18H15NO5/c1-12-7-9-14(10-8-12)18(21)24-13(2)11-17(20)15-5-3-4-6-16(15)19(22)23/h3-11H,1-2H3/b13-11+. The van der Waals surface area contributed by atoms with Crippen LogP contribution in [0.3, 0.4) is 0 Å². The van der Waals surface area contributed by atoms with E-state index in [1.54, 1.807) is 24.3 Å². The molecule has 0 bridgehead atoms. The van der Waals surface area contributed by atoms with Crippen LogP contribution in [-0.2, 0) is 4.74 Å². The van der Waals surface area contributed by atoms with Crippen LogP contribution in [0.25, 0.3) is 0 Å². The van der Waals surface area contributed by atoms with Gasteiger partial charge in [0.15, 0.2) is 5.78 Å². The molecule has 0 radical (unpaired) electrons. The van der Waals surface area contributed by atoms with Gasteiger partial charge in [0.25, 0.3) is 5.69 Å². The first-order valence-corrected chi connectivity index (χ1v) is 7.13. The molecule has 0 aliphatic heterocycles. The molecule has 2 aromatic carbocycles. The van der Waals surface area contributed by atoms with Gasteiger partial charge in [0.05, 0.1) is 16.1 Å². The van der Waals surface area contributed by atoms with Crippen LogP contribution in [0.4, 0.5) is 5.69 Å². The lowest BCUT2D eigenvalue weighted by molar-refractivity contribution is -0.385. The second-order valence-electron chi connectivity index (χ2n) is 5.15. The van der Waals surface area contributed by atoms with Crippen molar-refractivity contribution in [2.24, 2.45) is 0 Å². The van der Waals surface area contributed by atoms with Gasteiger partial charge >= 0.3 is 5.97 Å². The summed E-state index contributed by atoms with van der Waals surface area (Å²) < 4.78 is 5.10. The summed E-state index contributed by atoms with van der Waals surface area (Å²) in [5.41, 5.74) is 1.00. The van der Waals surface area contributed by atoms with Crippen LogP contribution in [0, 0.1) is 17.0 Å². The van der Waals surface area contributed by atoms with Crippen molar-refractivity contribution in [3.05, 3.63) is 87.2 Å². The maximum atomic E-state index is 12.2. The van der Waals surface area contributed by atoms with Crippen molar-refractivity contribution in [3.8, 4) is 0 Å². The zero-order valence-electron chi connectivity index (χ0n) is 13.2. The maximum absolute atomic E-state index is 12.2. The number of nitrogens with zero attached hydrogens (tertiary/aromatic N) is 1. The Balaban J connectivity index is 2.16. The molecule has 0 aromatic heterocycles. The van der Waals surface area contributed by atoms with Gasteiger partial charge in [-0.25, -0.2) is 4.79 Å². The highest BCUT2D eigenvalue weighted by Crippen LogP contribution is 2.19. The third kappa shape index (κ3) is 4.13. The van der Waals surface area contributed by atoms with E-state index in [1.165, 1.54) is 31.2 Å². The molecule has 0 unspecified atom stereocenters. The molecule has 0 heterocycles. The molecule has 0 aliphatic carbocycles. The second kappa shape index (κ2) is 7.32. The number of esters is 1. The van der Waals surface area contributed by atoms with E-state index in [4.69, 9.17) is 4.74 Å². The molecular weight excluding hydrogens is 310 g/mol. The Labute approximate surface area is 138 Å². The van der Waals surface area contributed by atoms with Gasteiger partial charge in [-0.15, -0.1) is 0 Å².